The minimum Gasteiger partial charge on any atom is -0.465 e. The summed E-state index contributed by atoms with van der Waals surface area (Å²) in [5, 5.41) is 26.0. The highest BCUT2D eigenvalue weighted by atomic mass is 16.7. The summed E-state index contributed by atoms with van der Waals surface area (Å²) in [7, 11) is 2.00. The number of ether oxygens (including phenoxy) is 3. The first-order chi connectivity index (χ1) is 24.2. The normalized spacial score (nSPS) is 18.6. The van der Waals surface area contributed by atoms with E-state index in [1.165, 1.54) is 0 Å². The van der Waals surface area contributed by atoms with Crippen LogP contribution < -0.4 is 10.6 Å². The molecule has 0 aliphatic carbocycles. The maximum absolute atomic E-state index is 12.3. The average Bonchev–Trinajstić information content (AvgIpc) is 3.16. The van der Waals surface area contributed by atoms with Crippen molar-refractivity contribution in [3.05, 3.63) is 131 Å². The molecule has 0 spiro atoms. The van der Waals surface area contributed by atoms with Gasteiger partial charge in [0.1, 0.15) is 6.54 Å². The van der Waals surface area contributed by atoms with Crippen LogP contribution in [0.2, 0.25) is 0 Å². The van der Waals surface area contributed by atoms with Crippen LogP contribution in [0.5, 0.6) is 0 Å². The van der Waals surface area contributed by atoms with Crippen LogP contribution in [0.15, 0.2) is 103 Å². The van der Waals surface area contributed by atoms with Crippen LogP contribution in [0.4, 0.5) is 4.79 Å². The molecule has 4 aromatic rings. The Balaban J connectivity index is 1.30. The summed E-state index contributed by atoms with van der Waals surface area (Å²) in [5.74, 6) is -0.491. The van der Waals surface area contributed by atoms with Crippen molar-refractivity contribution < 1.29 is 34.0 Å². The predicted octanol–water partition coefficient (Wildman–Crippen LogP) is 5.81. The molecule has 4 aromatic carbocycles. The third-order valence-electron chi connectivity index (χ3n) is 9.05. The van der Waals surface area contributed by atoms with Gasteiger partial charge in [0.25, 0.3) is 0 Å². The van der Waals surface area contributed by atoms with E-state index in [-0.39, 0.29) is 44.6 Å². The number of carbonyl (C=O) groups excluding carboxylic acids is 2. The van der Waals surface area contributed by atoms with Gasteiger partial charge in [0.15, 0.2) is 6.29 Å². The molecule has 1 aliphatic heterocycles. The quantitative estimate of drug-likeness (QED) is 0.123. The third kappa shape index (κ3) is 9.77. The minimum absolute atomic E-state index is 0.0270. The Hall–Kier alpha value is -4.58. The Kier molecular flexibility index (Phi) is 13.1. The van der Waals surface area contributed by atoms with E-state index in [0.29, 0.717) is 13.0 Å². The standard InChI is InChI=1S/C40H47N3O7/c1-4-48-37(45)24-42-40(47)41-23-33-12-8-9-13-35(33)29-18-20-32(21-19-29)39-49-34(22-36(50-39)30-16-14-28(26-44)15-17-30)25-43(3)27(2)38(46)31-10-6-5-7-11-31/h5-21,27,34,36,38-39,44,46H,4,22-26H2,1-3H3,(H2,41,42,47)/t27-,34+,36-,38-,39-/m0/s1. The molecule has 10 nitrogen and oxygen atoms in total. The molecule has 10 heteroatoms. The zero-order valence-electron chi connectivity index (χ0n) is 28.8. The molecule has 0 bridgehead atoms. The number of nitrogens with one attached hydrogen (secondary N) is 2. The van der Waals surface area contributed by atoms with Crippen LogP contribution in [-0.2, 0) is 32.2 Å². The molecule has 4 N–H and O–H groups in total. The molecule has 2 amide bonds. The van der Waals surface area contributed by atoms with Crippen molar-refractivity contribution in [1.29, 1.82) is 0 Å². The summed E-state index contributed by atoms with van der Waals surface area (Å²) in [6, 6.07) is 32.7. The lowest BCUT2D eigenvalue weighted by molar-refractivity contribution is -0.253. The van der Waals surface area contributed by atoms with Crippen molar-refractivity contribution >= 4 is 12.0 Å². The predicted molar refractivity (Wildman–Crippen MR) is 191 cm³/mol. The van der Waals surface area contributed by atoms with Crippen LogP contribution in [0.1, 0.15) is 66.6 Å². The van der Waals surface area contributed by atoms with Crippen molar-refractivity contribution in [2.75, 3.05) is 26.7 Å². The molecule has 50 heavy (non-hydrogen) atoms. The zero-order valence-corrected chi connectivity index (χ0v) is 28.8. The number of likely N-dealkylation sites (N-methyl/N-ethyl adjacent to an activating group) is 1. The van der Waals surface area contributed by atoms with Gasteiger partial charge in [0.2, 0.25) is 0 Å². The highest BCUT2D eigenvalue weighted by molar-refractivity contribution is 5.81. The number of esters is 1. The van der Waals surface area contributed by atoms with E-state index in [4.69, 9.17) is 14.2 Å². The van der Waals surface area contributed by atoms with Gasteiger partial charge in [-0.05, 0) is 54.3 Å². The van der Waals surface area contributed by atoms with Gasteiger partial charge in [-0.25, -0.2) is 4.79 Å². The van der Waals surface area contributed by atoms with E-state index in [0.717, 1.165) is 38.9 Å². The number of aliphatic hydroxyl groups excluding tert-OH is 2. The third-order valence-corrected chi connectivity index (χ3v) is 9.05. The minimum atomic E-state index is -0.650. The van der Waals surface area contributed by atoms with Gasteiger partial charge in [-0.2, -0.15) is 0 Å². The summed E-state index contributed by atoms with van der Waals surface area (Å²) in [5.41, 5.74) is 6.41. The van der Waals surface area contributed by atoms with Crippen LogP contribution in [0.25, 0.3) is 11.1 Å². The fraction of sp³-hybridized carbons (Fsp3) is 0.350. The van der Waals surface area contributed by atoms with Gasteiger partial charge in [-0.15, -0.1) is 0 Å². The van der Waals surface area contributed by atoms with E-state index in [9.17, 15) is 19.8 Å². The monoisotopic (exact) mass is 681 g/mol. The Morgan fingerprint density at radius 3 is 2.28 bits per heavy atom. The second-order valence-electron chi connectivity index (χ2n) is 12.5. The molecule has 5 rings (SSSR count). The van der Waals surface area contributed by atoms with Gasteiger partial charge < -0.3 is 35.1 Å². The number of nitrogens with zero attached hydrogens (tertiary/aromatic N) is 1. The number of benzene rings is 4. The number of hydrogen-bond donors (Lipinski definition) is 4. The molecule has 1 saturated heterocycles. The van der Waals surface area contributed by atoms with Gasteiger partial charge in [-0.1, -0.05) is 103 Å². The molecule has 1 heterocycles. The number of amides is 2. The largest absolute Gasteiger partial charge is 0.465 e. The molecular weight excluding hydrogens is 634 g/mol. The van der Waals surface area contributed by atoms with Crippen molar-refractivity contribution in [3.63, 3.8) is 0 Å². The second kappa shape index (κ2) is 17.9. The number of urea groups is 1. The Morgan fingerprint density at radius 2 is 1.58 bits per heavy atom. The van der Waals surface area contributed by atoms with E-state index in [2.05, 4.69) is 15.5 Å². The average molecular weight is 682 g/mol. The Morgan fingerprint density at radius 1 is 0.900 bits per heavy atom. The summed E-state index contributed by atoms with van der Waals surface area (Å²) in [6.07, 6.45) is -1.08. The van der Waals surface area contributed by atoms with Crippen molar-refractivity contribution in [1.82, 2.24) is 15.5 Å². The van der Waals surface area contributed by atoms with Gasteiger partial charge in [0, 0.05) is 31.1 Å². The van der Waals surface area contributed by atoms with Crippen LogP contribution >= 0.6 is 0 Å². The first-order valence-electron chi connectivity index (χ1n) is 17.0. The maximum atomic E-state index is 12.3. The lowest BCUT2D eigenvalue weighted by atomic mass is 9.97. The Bertz CT molecular complexity index is 1670. The first kappa shape index (κ1) is 36.7. The fourth-order valence-electron chi connectivity index (χ4n) is 6.07. The summed E-state index contributed by atoms with van der Waals surface area (Å²) < 4.78 is 18.0. The van der Waals surface area contributed by atoms with Gasteiger partial charge >= 0.3 is 12.0 Å². The molecule has 5 atom stereocenters. The van der Waals surface area contributed by atoms with E-state index in [1.54, 1.807) is 6.92 Å². The Labute approximate surface area is 294 Å². The highest BCUT2D eigenvalue weighted by Crippen LogP contribution is 2.39. The first-order valence-corrected chi connectivity index (χ1v) is 17.0. The van der Waals surface area contributed by atoms with Crippen molar-refractivity contribution in [2.45, 2.75) is 64.1 Å². The summed E-state index contributed by atoms with van der Waals surface area (Å²) in [6.45, 7) is 4.61. The summed E-state index contributed by atoms with van der Waals surface area (Å²) >= 11 is 0. The number of carbonyl (C=O) groups is 2. The number of rotatable bonds is 14. The summed E-state index contributed by atoms with van der Waals surface area (Å²) in [4.78, 5) is 26.0. The maximum Gasteiger partial charge on any atom is 0.325 e. The molecule has 0 saturated carbocycles. The lowest BCUT2D eigenvalue weighted by Crippen LogP contribution is -2.43. The van der Waals surface area contributed by atoms with E-state index < -0.39 is 24.4 Å². The number of hydrogen-bond acceptors (Lipinski definition) is 8. The molecular formula is C40H47N3O7. The second-order valence-corrected chi connectivity index (χ2v) is 12.5. The topological polar surface area (TPSA) is 130 Å². The molecule has 264 valence electrons. The van der Waals surface area contributed by atoms with Gasteiger partial charge in [0.05, 0.1) is 31.5 Å². The molecule has 1 aliphatic rings. The zero-order chi connectivity index (χ0) is 35.5. The van der Waals surface area contributed by atoms with Crippen LogP contribution in [0.3, 0.4) is 0 Å². The highest BCUT2D eigenvalue weighted by Gasteiger charge is 2.34. The molecule has 0 unspecified atom stereocenters. The van der Waals surface area contributed by atoms with Crippen LogP contribution in [0, 0.1) is 0 Å². The van der Waals surface area contributed by atoms with Crippen molar-refractivity contribution in [2.24, 2.45) is 0 Å². The van der Waals surface area contributed by atoms with Crippen LogP contribution in [-0.4, -0.2) is 66.0 Å². The lowest BCUT2D eigenvalue weighted by Gasteiger charge is -2.39. The smallest absolute Gasteiger partial charge is 0.325 e. The SMILES string of the molecule is CCOC(=O)CNC(=O)NCc1ccccc1-c1ccc([C@H]2O[C@@H](CN(C)[C@@H](C)[C@H](O)c3ccccc3)C[C@@H](c3ccc(CO)cc3)O2)cc1. The fourth-order valence-corrected chi connectivity index (χ4v) is 6.07. The van der Waals surface area contributed by atoms with E-state index >= 15 is 0 Å². The molecule has 0 aromatic heterocycles. The molecule has 0 radical (unpaired) electrons. The van der Waals surface area contributed by atoms with Gasteiger partial charge in [-0.3, -0.25) is 9.69 Å². The number of aliphatic hydroxyl groups is 2. The molecule has 1 fully saturated rings. The van der Waals surface area contributed by atoms with E-state index in [1.807, 2.05) is 117 Å². The van der Waals surface area contributed by atoms with Crippen molar-refractivity contribution in [3.8, 4) is 11.1 Å².